The van der Waals surface area contributed by atoms with E-state index in [-0.39, 0.29) is 0 Å². The Balaban J connectivity index is 2.28. The Morgan fingerprint density at radius 1 is 1.27 bits per heavy atom. The average Bonchev–Trinajstić information content (AvgIpc) is 2.39. The molecule has 0 N–H and O–H groups in total. The minimum Gasteiger partial charge on any atom is -0.294 e. The Morgan fingerprint density at radius 2 is 2.00 bits per heavy atom. The monoisotopic (exact) mass is 202 g/mol. The number of carbonyl (C=O) groups excluding carboxylic acids is 1. The topological polar surface area (TPSA) is 17.1 Å². The SMILES string of the molecule is CC(C)[C@H]1CCc2ccccc2C(=O)C1. The first kappa shape index (κ1) is 10.4. The normalized spacial score (nSPS) is 21.3. The summed E-state index contributed by atoms with van der Waals surface area (Å²) in [5.41, 5.74) is 2.20. The van der Waals surface area contributed by atoms with E-state index in [0.717, 1.165) is 24.8 Å². The number of rotatable bonds is 1. The van der Waals surface area contributed by atoms with E-state index in [0.29, 0.717) is 17.6 Å². The van der Waals surface area contributed by atoms with Gasteiger partial charge in [0.1, 0.15) is 0 Å². The summed E-state index contributed by atoms with van der Waals surface area (Å²) in [7, 11) is 0. The number of hydrogen-bond acceptors (Lipinski definition) is 1. The van der Waals surface area contributed by atoms with Crippen LogP contribution in [-0.2, 0) is 6.42 Å². The molecule has 1 heteroatoms. The molecule has 1 aromatic rings. The second-order valence-electron chi connectivity index (χ2n) is 4.83. The van der Waals surface area contributed by atoms with Crippen LogP contribution in [0.15, 0.2) is 24.3 Å². The maximum atomic E-state index is 12.0. The van der Waals surface area contributed by atoms with Crippen LogP contribution < -0.4 is 0 Å². The first-order valence-electron chi connectivity index (χ1n) is 5.79. The molecule has 0 radical (unpaired) electrons. The van der Waals surface area contributed by atoms with Gasteiger partial charge in [-0.15, -0.1) is 0 Å². The van der Waals surface area contributed by atoms with Gasteiger partial charge in [0, 0.05) is 12.0 Å². The highest BCUT2D eigenvalue weighted by molar-refractivity contribution is 5.97. The Morgan fingerprint density at radius 3 is 2.73 bits per heavy atom. The van der Waals surface area contributed by atoms with Crippen molar-refractivity contribution in [2.24, 2.45) is 11.8 Å². The minimum absolute atomic E-state index is 0.335. The second kappa shape index (κ2) is 4.18. The number of ketones is 1. The molecule has 0 aliphatic heterocycles. The average molecular weight is 202 g/mol. The Kier molecular flexibility index (Phi) is 2.90. The Bertz CT molecular complexity index is 365. The van der Waals surface area contributed by atoms with Gasteiger partial charge in [-0.3, -0.25) is 4.79 Å². The van der Waals surface area contributed by atoms with Crippen molar-refractivity contribution in [2.75, 3.05) is 0 Å². The lowest BCUT2D eigenvalue weighted by molar-refractivity contribution is 0.0951. The molecular formula is C14H18O. The van der Waals surface area contributed by atoms with Gasteiger partial charge in [0.2, 0.25) is 0 Å². The molecule has 0 spiro atoms. The third-order valence-corrected chi connectivity index (χ3v) is 3.49. The largest absolute Gasteiger partial charge is 0.294 e. The lowest BCUT2D eigenvalue weighted by Crippen LogP contribution is -2.12. The predicted molar refractivity (Wildman–Crippen MR) is 62.0 cm³/mol. The molecule has 2 rings (SSSR count). The molecule has 0 unspecified atom stereocenters. The number of Topliss-reactive ketones (excluding diaryl/α,β-unsaturated/α-hetero) is 1. The number of fused-ring (bicyclic) bond motifs is 1. The molecule has 0 saturated carbocycles. The molecule has 0 aromatic heterocycles. The summed E-state index contributed by atoms with van der Waals surface area (Å²) in [4.78, 5) is 12.0. The van der Waals surface area contributed by atoms with Gasteiger partial charge in [0.25, 0.3) is 0 Å². The smallest absolute Gasteiger partial charge is 0.163 e. The van der Waals surface area contributed by atoms with E-state index in [1.807, 2.05) is 18.2 Å². The van der Waals surface area contributed by atoms with Gasteiger partial charge >= 0.3 is 0 Å². The van der Waals surface area contributed by atoms with E-state index in [1.165, 1.54) is 5.56 Å². The van der Waals surface area contributed by atoms with E-state index in [1.54, 1.807) is 0 Å². The molecule has 1 atom stereocenters. The zero-order valence-electron chi connectivity index (χ0n) is 9.49. The van der Waals surface area contributed by atoms with Crippen molar-refractivity contribution in [1.82, 2.24) is 0 Å². The lowest BCUT2D eigenvalue weighted by Gasteiger charge is -2.16. The van der Waals surface area contributed by atoms with Gasteiger partial charge in [0.15, 0.2) is 5.78 Å². The fraction of sp³-hybridized carbons (Fsp3) is 0.500. The molecule has 0 fully saturated rings. The summed E-state index contributed by atoms with van der Waals surface area (Å²) >= 11 is 0. The highest BCUT2D eigenvalue weighted by atomic mass is 16.1. The molecular weight excluding hydrogens is 184 g/mol. The van der Waals surface area contributed by atoms with Gasteiger partial charge in [-0.1, -0.05) is 38.1 Å². The summed E-state index contributed by atoms with van der Waals surface area (Å²) < 4.78 is 0. The molecule has 0 heterocycles. The van der Waals surface area contributed by atoms with Crippen molar-refractivity contribution in [3.63, 3.8) is 0 Å². The lowest BCUT2D eigenvalue weighted by atomic mass is 9.88. The molecule has 80 valence electrons. The molecule has 0 saturated heterocycles. The van der Waals surface area contributed by atoms with Crippen molar-refractivity contribution in [1.29, 1.82) is 0 Å². The molecule has 15 heavy (non-hydrogen) atoms. The van der Waals surface area contributed by atoms with Crippen LogP contribution in [0.2, 0.25) is 0 Å². The number of aryl methyl sites for hydroxylation is 1. The molecule has 0 amide bonds. The third-order valence-electron chi connectivity index (χ3n) is 3.49. The summed E-state index contributed by atoms with van der Waals surface area (Å²) in [6, 6.07) is 8.06. The van der Waals surface area contributed by atoms with Gasteiger partial charge in [-0.25, -0.2) is 0 Å². The van der Waals surface area contributed by atoms with Crippen LogP contribution in [0.25, 0.3) is 0 Å². The van der Waals surface area contributed by atoms with Crippen LogP contribution in [-0.4, -0.2) is 5.78 Å². The van der Waals surface area contributed by atoms with E-state index in [9.17, 15) is 4.79 Å². The first-order valence-corrected chi connectivity index (χ1v) is 5.79. The summed E-state index contributed by atoms with van der Waals surface area (Å²) in [6.07, 6.45) is 2.94. The van der Waals surface area contributed by atoms with Crippen LogP contribution in [0.5, 0.6) is 0 Å². The van der Waals surface area contributed by atoms with Crippen molar-refractivity contribution in [3.8, 4) is 0 Å². The van der Waals surface area contributed by atoms with E-state index in [4.69, 9.17) is 0 Å². The number of hydrogen-bond donors (Lipinski definition) is 0. The Labute approximate surface area is 91.5 Å². The van der Waals surface area contributed by atoms with Crippen molar-refractivity contribution >= 4 is 5.78 Å². The van der Waals surface area contributed by atoms with Gasteiger partial charge in [-0.2, -0.15) is 0 Å². The van der Waals surface area contributed by atoms with Crippen molar-refractivity contribution in [2.45, 2.75) is 33.1 Å². The zero-order valence-corrected chi connectivity index (χ0v) is 9.49. The van der Waals surface area contributed by atoms with Crippen LogP contribution >= 0.6 is 0 Å². The van der Waals surface area contributed by atoms with Crippen LogP contribution in [0.3, 0.4) is 0 Å². The van der Waals surface area contributed by atoms with Crippen molar-refractivity contribution in [3.05, 3.63) is 35.4 Å². The zero-order chi connectivity index (χ0) is 10.8. The maximum absolute atomic E-state index is 12.0. The quantitative estimate of drug-likeness (QED) is 0.637. The van der Waals surface area contributed by atoms with E-state index < -0.39 is 0 Å². The fourth-order valence-electron chi connectivity index (χ4n) is 2.37. The summed E-state index contributed by atoms with van der Waals surface area (Å²) in [5.74, 6) is 1.51. The summed E-state index contributed by atoms with van der Waals surface area (Å²) in [5, 5.41) is 0. The van der Waals surface area contributed by atoms with Crippen LogP contribution in [0.1, 0.15) is 42.6 Å². The molecule has 1 aliphatic carbocycles. The molecule has 1 aliphatic rings. The predicted octanol–water partition coefficient (Wildman–Crippen LogP) is 3.48. The molecule has 1 aromatic carbocycles. The van der Waals surface area contributed by atoms with Crippen LogP contribution in [0, 0.1) is 11.8 Å². The first-order chi connectivity index (χ1) is 7.18. The summed E-state index contributed by atoms with van der Waals surface area (Å²) in [6.45, 7) is 4.43. The third kappa shape index (κ3) is 2.11. The fourth-order valence-corrected chi connectivity index (χ4v) is 2.37. The van der Waals surface area contributed by atoms with Crippen molar-refractivity contribution < 1.29 is 4.79 Å². The van der Waals surface area contributed by atoms with Gasteiger partial charge in [0.05, 0.1) is 0 Å². The highest BCUT2D eigenvalue weighted by Crippen LogP contribution is 2.28. The van der Waals surface area contributed by atoms with Gasteiger partial charge < -0.3 is 0 Å². The molecule has 1 nitrogen and oxygen atoms in total. The number of benzene rings is 1. The highest BCUT2D eigenvalue weighted by Gasteiger charge is 2.23. The van der Waals surface area contributed by atoms with E-state index >= 15 is 0 Å². The Hall–Kier alpha value is -1.11. The van der Waals surface area contributed by atoms with Gasteiger partial charge in [-0.05, 0) is 30.2 Å². The second-order valence-corrected chi connectivity index (χ2v) is 4.83. The molecule has 0 bridgehead atoms. The number of carbonyl (C=O) groups is 1. The minimum atomic E-state index is 0.335. The van der Waals surface area contributed by atoms with E-state index in [2.05, 4.69) is 19.9 Å². The maximum Gasteiger partial charge on any atom is 0.163 e. The van der Waals surface area contributed by atoms with Crippen LogP contribution in [0.4, 0.5) is 0 Å². The standard InChI is InChI=1S/C14H18O/c1-10(2)12-8-7-11-5-3-4-6-13(11)14(15)9-12/h3-6,10,12H,7-9H2,1-2H3/t12-/m0/s1.